The Labute approximate surface area is 96.8 Å². The third kappa shape index (κ3) is 3.66. The van der Waals surface area contributed by atoms with Crippen molar-refractivity contribution in [3.63, 3.8) is 0 Å². The van der Waals surface area contributed by atoms with Crippen molar-refractivity contribution < 1.29 is 4.21 Å². The van der Waals surface area contributed by atoms with Gasteiger partial charge in [0.25, 0.3) is 0 Å². The SMILES string of the molecule is O=[S@](Cc1cncs1)CC1CCNCC1. The molecule has 1 fully saturated rings. The highest BCUT2D eigenvalue weighted by Gasteiger charge is 2.16. The molecular formula is C10H16N2OS2. The molecule has 3 nitrogen and oxygen atoms in total. The van der Waals surface area contributed by atoms with E-state index in [9.17, 15) is 4.21 Å². The van der Waals surface area contributed by atoms with Crippen LogP contribution >= 0.6 is 11.3 Å². The van der Waals surface area contributed by atoms with Crippen LogP contribution in [-0.4, -0.2) is 28.0 Å². The Morgan fingerprint density at radius 3 is 3.00 bits per heavy atom. The number of nitrogens with one attached hydrogen (secondary N) is 1. The number of thiazole rings is 1. The van der Waals surface area contributed by atoms with Gasteiger partial charge in [0.2, 0.25) is 0 Å². The largest absolute Gasteiger partial charge is 0.317 e. The van der Waals surface area contributed by atoms with Crippen molar-refractivity contribution in [1.29, 1.82) is 0 Å². The Balaban J connectivity index is 1.76. The first kappa shape index (κ1) is 11.2. The summed E-state index contributed by atoms with van der Waals surface area (Å²) < 4.78 is 11.8. The minimum absolute atomic E-state index is 0.653. The lowest BCUT2D eigenvalue weighted by atomic mass is 10.0. The fraction of sp³-hybridized carbons (Fsp3) is 0.700. The molecule has 2 rings (SSSR count). The van der Waals surface area contributed by atoms with Crippen molar-refractivity contribution in [3.8, 4) is 0 Å². The van der Waals surface area contributed by atoms with E-state index in [1.807, 2.05) is 6.20 Å². The molecule has 1 saturated heterocycles. The fourth-order valence-electron chi connectivity index (χ4n) is 1.84. The smallest absolute Gasteiger partial charge is 0.0794 e. The Kier molecular flexibility index (Phi) is 4.29. The van der Waals surface area contributed by atoms with Gasteiger partial charge in [0.1, 0.15) is 0 Å². The lowest BCUT2D eigenvalue weighted by Crippen LogP contribution is -2.30. The molecule has 1 aromatic rings. The van der Waals surface area contributed by atoms with Gasteiger partial charge < -0.3 is 5.32 Å². The molecule has 1 N–H and O–H groups in total. The second kappa shape index (κ2) is 5.72. The molecule has 0 spiro atoms. The van der Waals surface area contributed by atoms with Crippen LogP contribution in [0.5, 0.6) is 0 Å². The molecule has 0 bridgehead atoms. The van der Waals surface area contributed by atoms with Crippen LogP contribution in [0.25, 0.3) is 0 Å². The molecule has 0 amide bonds. The second-order valence-electron chi connectivity index (χ2n) is 3.91. The zero-order valence-electron chi connectivity index (χ0n) is 8.65. The summed E-state index contributed by atoms with van der Waals surface area (Å²) in [7, 11) is -0.704. The van der Waals surface area contributed by atoms with E-state index in [1.165, 1.54) is 12.8 Å². The van der Waals surface area contributed by atoms with Crippen LogP contribution < -0.4 is 5.32 Å². The van der Waals surface area contributed by atoms with E-state index in [0.29, 0.717) is 11.7 Å². The molecule has 84 valence electrons. The van der Waals surface area contributed by atoms with Crippen LogP contribution in [0.3, 0.4) is 0 Å². The minimum atomic E-state index is -0.704. The van der Waals surface area contributed by atoms with Crippen LogP contribution in [0, 0.1) is 5.92 Å². The highest BCUT2D eigenvalue weighted by Crippen LogP contribution is 2.16. The third-order valence-electron chi connectivity index (χ3n) is 2.67. The van der Waals surface area contributed by atoms with Gasteiger partial charge in [0.05, 0.1) is 11.3 Å². The fourth-order valence-corrected chi connectivity index (χ4v) is 4.26. The zero-order valence-corrected chi connectivity index (χ0v) is 10.3. The second-order valence-corrected chi connectivity index (χ2v) is 6.38. The van der Waals surface area contributed by atoms with E-state index in [1.54, 1.807) is 16.8 Å². The van der Waals surface area contributed by atoms with Crippen molar-refractivity contribution in [2.24, 2.45) is 5.92 Å². The highest BCUT2D eigenvalue weighted by atomic mass is 32.2. The van der Waals surface area contributed by atoms with E-state index in [0.717, 1.165) is 23.7 Å². The molecule has 1 atom stereocenters. The van der Waals surface area contributed by atoms with Gasteiger partial charge in [0.15, 0.2) is 0 Å². The quantitative estimate of drug-likeness (QED) is 0.870. The van der Waals surface area contributed by atoms with Crippen molar-refractivity contribution in [2.45, 2.75) is 18.6 Å². The maximum Gasteiger partial charge on any atom is 0.0794 e. The standard InChI is InChI=1S/C10H16N2OS2/c13-15(7-10-5-12-8-14-10)6-9-1-3-11-4-2-9/h5,8-9,11H,1-4,6-7H2/t15-/m0/s1. The van der Waals surface area contributed by atoms with E-state index < -0.39 is 10.8 Å². The lowest BCUT2D eigenvalue weighted by molar-refractivity contribution is 0.405. The number of piperidine rings is 1. The van der Waals surface area contributed by atoms with Gasteiger partial charge in [0, 0.05) is 27.6 Å². The van der Waals surface area contributed by atoms with Crippen LogP contribution in [0.15, 0.2) is 11.7 Å². The predicted octanol–water partition coefficient (Wildman–Crippen LogP) is 1.39. The number of nitrogens with zero attached hydrogens (tertiary/aromatic N) is 1. The van der Waals surface area contributed by atoms with Gasteiger partial charge >= 0.3 is 0 Å². The topological polar surface area (TPSA) is 42.0 Å². The maximum atomic E-state index is 11.8. The molecule has 1 aromatic heterocycles. The molecule has 1 aliphatic heterocycles. The molecule has 0 saturated carbocycles. The minimum Gasteiger partial charge on any atom is -0.317 e. The van der Waals surface area contributed by atoms with Crippen LogP contribution in [0.2, 0.25) is 0 Å². The third-order valence-corrected chi connectivity index (χ3v) is 5.11. The van der Waals surface area contributed by atoms with E-state index in [4.69, 9.17) is 0 Å². The van der Waals surface area contributed by atoms with Crippen molar-refractivity contribution in [2.75, 3.05) is 18.8 Å². The Morgan fingerprint density at radius 2 is 2.33 bits per heavy atom. The van der Waals surface area contributed by atoms with E-state index in [-0.39, 0.29) is 0 Å². The van der Waals surface area contributed by atoms with E-state index in [2.05, 4.69) is 10.3 Å². The molecule has 0 unspecified atom stereocenters. The number of hydrogen-bond donors (Lipinski definition) is 1. The first-order valence-electron chi connectivity index (χ1n) is 5.27. The van der Waals surface area contributed by atoms with Crippen molar-refractivity contribution in [1.82, 2.24) is 10.3 Å². The molecule has 15 heavy (non-hydrogen) atoms. The molecule has 0 aromatic carbocycles. The lowest BCUT2D eigenvalue weighted by Gasteiger charge is -2.21. The number of rotatable bonds is 4. The van der Waals surface area contributed by atoms with Gasteiger partial charge in [-0.2, -0.15) is 0 Å². The van der Waals surface area contributed by atoms with Gasteiger partial charge in [-0.25, -0.2) is 0 Å². The Bertz CT molecular complexity index is 307. The summed E-state index contributed by atoms with van der Waals surface area (Å²) >= 11 is 1.60. The van der Waals surface area contributed by atoms with Crippen LogP contribution in [0.1, 0.15) is 17.7 Å². The zero-order chi connectivity index (χ0) is 10.5. The van der Waals surface area contributed by atoms with Crippen molar-refractivity contribution >= 4 is 22.1 Å². The first-order valence-corrected chi connectivity index (χ1v) is 7.64. The molecule has 0 radical (unpaired) electrons. The molecule has 1 aliphatic rings. The maximum absolute atomic E-state index is 11.8. The Hall–Kier alpha value is -0.260. The van der Waals surface area contributed by atoms with Gasteiger partial charge in [-0.05, 0) is 31.8 Å². The van der Waals surface area contributed by atoms with Crippen LogP contribution in [-0.2, 0) is 16.6 Å². The predicted molar refractivity (Wildman–Crippen MR) is 64.4 cm³/mol. The van der Waals surface area contributed by atoms with Crippen molar-refractivity contribution in [3.05, 3.63) is 16.6 Å². The average Bonchev–Trinajstić information content (AvgIpc) is 2.71. The average molecular weight is 244 g/mol. The van der Waals surface area contributed by atoms with Crippen LogP contribution in [0.4, 0.5) is 0 Å². The molecule has 5 heteroatoms. The Morgan fingerprint density at radius 1 is 1.53 bits per heavy atom. The van der Waals surface area contributed by atoms with E-state index >= 15 is 0 Å². The summed E-state index contributed by atoms with van der Waals surface area (Å²) in [6, 6.07) is 0. The summed E-state index contributed by atoms with van der Waals surface area (Å²) in [6.45, 7) is 2.17. The molecule has 2 heterocycles. The summed E-state index contributed by atoms with van der Waals surface area (Å²) in [5, 5.41) is 3.33. The van der Waals surface area contributed by atoms with Gasteiger partial charge in [-0.3, -0.25) is 9.19 Å². The normalized spacial score (nSPS) is 20.3. The number of aromatic nitrogens is 1. The first-order chi connectivity index (χ1) is 7.34. The summed E-state index contributed by atoms with van der Waals surface area (Å²) in [5.74, 6) is 2.20. The molecule has 0 aliphatic carbocycles. The van der Waals surface area contributed by atoms with Gasteiger partial charge in [-0.15, -0.1) is 11.3 Å². The number of hydrogen-bond acceptors (Lipinski definition) is 4. The summed E-state index contributed by atoms with van der Waals surface area (Å²) in [6.07, 6.45) is 4.17. The summed E-state index contributed by atoms with van der Waals surface area (Å²) in [5.41, 5.74) is 1.80. The monoisotopic (exact) mass is 244 g/mol. The summed E-state index contributed by atoms with van der Waals surface area (Å²) in [4.78, 5) is 5.14. The molecular weight excluding hydrogens is 228 g/mol. The highest BCUT2D eigenvalue weighted by molar-refractivity contribution is 7.84. The van der Waals surface area contributed by atoms with Gasteiger partial charge in [-0.1, -0.05) is 0 Å².